The number of nitro groups is 1. The molecule has 7 nitrogen and oxygen atoms in total. The van der Waals surface area contributed by atoms with Crippen LogP contribution in [0.5, 0.6) is 0 Å². The Hall–Kier alpha value is -1.51. The molecule has 0 aromatic heterocycles. The van der Waals surface area contributed by atoms with E-state index in [1.165, 1.54) is 35.3 Å². The Bertz CT molecular complexity index is 649. The summed E-state index contributed by atoms with van der Waals surface area (Å²) < 4.78 is 26.5. The van der Waals surface area contributed by atoms with E-state index in [2.05, 4.69) is 4.90 Å². The minimum Gasteiger partial charge on any atom is -0.298 e. The molecule has 1 aliphatic carbocycles. The van der Waals surface area contributed by atoms with E-state index in [0.717, 1.165) is 19.2 Å². The molecule has 3 rings (SSSR count). The molecule has 1 aromatic rings. The molecular weight excluding hydrogens is 294 g/mol. The van der Waals surface area contributed by atoms with E-state index in [0.29, 0.717) is 19.1 Å². The van der Waals surface area contributed by atoms with Crippen LogP contribution in [0, 0.1) is 10.1 Å². The Kier molecular flexibility index (Phi) is 3.68. The number of hydrogen-bond donors (Lipinski definition) is 0. The first-order valence-corrected chi connectivity index (χ1v) is 8.41. The van der Waals surface area contributed by atoms with Crippen molar-refractivity contribution in [2.24, 2.45) is 0 Å². The van der Waals surface area contributed by atoms with Gasteiger partial charge < -0.3 is 0 Å². The van der Waals surface area contributed by atoms with Crippen LogP contribution in [0.25, 0.3) is 0 Å². The van der Waals surface area contributed by atoms with Crippen LogP contribution < -0.4 is 0 Å². The minimum atomic E-state index is -3.64. The zero-order valence-electron chi connectivity index (χ0n) is 11.5. The number of non-ortho nitro benzene ring substituents is 1. The molecule has 1 saturated heterocycles. The Labute approximate surface area is 123 Å². The second-order valence-electron chi connectivity index (χ2n) is 5.43. The zero-order chi connectivity index (χ0) is 15.0. The zero-order valence-corrected chi connectivity index (χ0v) is 12.3. The van der Waals surface area contributed by atoms with E-state index < -0.39 is 14.9 Å². The van der Waals surface area contributed by atoms with Crippen LogP contribution in [0.2, 0.25) is 0 Å². The average molecular weight is 311 g/mol. The monoisotopic (exact) mass is 311 g/mol. The first-order valence-electron chi connectivity index (χ1n) is 6.97. The lowest BCUT2D eigenvalue weighted by Gasteiger charge is -2.33. The normalized spacial score (nSPS) is 21.3. The number of nitrogens with zero attached hydrogens (tertiary/aromatic N) is 3. The van der Waals surface area contributed by atoms with Crippen LogP contribution in [-0.4, -0.2) is 54.8 Å². The van der Waals surface area contributed by atoms with Gasteiger partial charge >= 0.3 is 0 Å². The lowest BCUT2D eigenvalue weighted by molar-refractivity contribution is -0.385. The van der Waals surface area contributed by atoms with Gasteiger partial charge in [0, 0.05) is 44.4 Å². The number of benzene rings is 1. The molecule has 1 aliphatic heterocycles. The number of nitro benzene ring substituents is 1. The highest BCUT2D eigenvalue weighted by Crippen LogP contribution is 2.29. The summed E-state index contributed by atoms with van der Waals surface area (Å²) in [6.07, 6.45) is 2.41. The van der Waals surface area contributed by atoms with Gasteiger partial charge in [-0.2, -0.15) is 4.31 Å². The predicted molar refractivity (Wildman–Crippen MR) is 76.5 cm³/mol. The number of piperazine rings is 1. The van der Waals surface area contributed by atoms with E-state index in [-0.39, 0.29) is 10.6 Å². The van der Waals surface area contributed by atoms with Crippen LogP contribution in [-0.2, 0) is 10.0 Å². The lowest BCUT2D eigenvalue weighted by atomic mass is 10.3. The summed E-state index contributed by atoms with van der Waals surface area (Å²) in [5, 5.41) is 10.8. The van der Waals surface area contributed by atoms with Crippen molar-refractivity contribution in [3.05, 3.63) is 34.4 Å². The van der Waals surface area contributed by atoms with E-state index >= 15 is 0 Å². The van der Waals surface area contributed by atoms with Gasteiger partial charge in [0.2, 0.25) is 10.0 Å². The van der Waals surface area contributed by atoms with Crippen molar-refractivity contribution in [1.29, 1.82) is 0 Å². The Morgan fingerprint density at radius 1 is 1.14 bits per heavy atom. The fraction of sp³-hybridized carbons (Fsp3) is 0.538. The average Bonchev–Trinajstić information content (AvgIpc) is 3.32. The maximum Gasteiger partial charge on any atom is 0.270 e. The largest absolute Gasteiger partial charge is 0.298 e. The second-order valence-corrected chi connectivity index (χ2v) is 7.36. The molecule has 1 heterocycles. The van der Waals surface area contributed by atoms with Crippen molar-refractivity contribution < 1.29 is 13.3 Å². The fourth-order valence-electron chi connectivity index (χ4n) is 2.66. The van der Waals surface area contributed by atoms with Crippen LogP contribution in [0.3, 0.4) is 0 Å². The van der Waals surface area contributed by atoms with Gasteiger partial charge in [0.05, 0.1) is 9.82 Å². The van der Waals surface area contributed by atoms with Crippen LogP contribution in [0.4, 0.5) is 5.69 Å². The molecule has 0 N–H and O–H groups in total. The van der Waals surface area contributed by atoms with Crippen LogP contribution in [0.1, 0.15) is 12.8 Å². The van der Waals surface area contributed by atoms with Gasteiger partial charge in [-0.05, 0) is 18.9 Å². The standard InChI is InChI=1S/C13H17N3O4S/c17-16(18)12-2-1-3-13(10-12)21(19,20)15-8-6-14(7-9-15)11-4-5-11/h1-3,10-11H,4-9H2. The molecule has 2 aliphatic rings. The highest BCUT2D eigenvalue weighted by molar-refractivity contribution is 7.89. The summed E-state index contributed by atoms with van der Waals surface area (Å²) in [5.74, 6) is 0. The Morgan fingerprint density at radius 2 is 1.81 bits per heavy atom. The number of rotatable bonds is 4. The smallest absolute Gasteiger partial charge is 0.270 e. The van der Waals surface area contributed by atoms with Crippen LogP contribution in [0.15, 0.2) is 29.2 Å². The summed E-state index contributed by atoms with van der Waals surface area (Å²) in [6.45, 7) is 2.36. The maximum atomic E-state index is 12.5. The minimum absolute atomic E-state index is 0.00317. The Morgan fingerprint density at radius 3 is 2.38 bits per heavy atom. The SMILES string of the molecule is O=[N+]([O-])c1cccc(S(=O)(=O)N2CCN(C3CC3)CC2)c1. The molecule has 0 radical (unpaired) electrons. The molecule has 114 valence electrons. The molecular formula is C13H17N3O4S. The van der Waals surface area contributed by atoms with Crippen molar-refractivity contribution in [2.75, 3.05) is 26.2 Å². The van der Waals surface area contributed by atoms with E-state index in [1.807, 2.05) is 0 Å². The van der Waals surface area contributed by atoms with Crippen molar-refractivity contribution >= 4 is 15.7 Å². The van der Waals surface area contributed by atoms with E-state index in [1.54, 1.807) is 0 Å². The highest BCUT2D eigenvalue weighted by atomic mass is 32.2. The van der Waals surface area contributed by atoms with Gasteiger partial charge in [-0.15, -0.1) is 0 Å². The number of sulfonamides is 1. The van der Waals surface area contributed by atoms with E-state index in [9.17, 15) is 18.5 Å². The van der Waals surface area contributed by atoms with Gasteiger partial charge in [-0.25, -0.2) is 8.42 Å². The number of hydrogen-bond acceptors (Lipinski definition) is 5. The molecule has 0 amide bonds. The second kappa shape index (κ2) is 5.36. The fourth-order valence-corrected chi connectivity index (χ4v) is 4.12. The van der Waals surface area contributed by atoms with Gasteiger partial charge in [0.15, 0.2) is 0 Å². The first kappa shape index (κ1) is 14.4. The molecule has 0 unspecified atom stereocenters. The molecule has 2 fully saturated rings. The van der Waals surface area contributed by atoms with Crippen LogP contribution >= 0.6 is 0 Å². The predicted octanol–water partition coefficient (Wildman–Crippen LogP) is 1.06. The van der Waals surface area contributed by atoms with Crippen molar-refractivity contribution in [1.82, 2.24) is 9.21 Å². The lowest BCUT2D eigenvalue weighted by Crippen LogP contribution is -2.49. The molecule has 0 bridgehead atoms. The van der Waals surface area contributed by atoms with Crippen molar-refractivity contribution in [3.63, 3.8) is 0 Å². The molecule has 8 heteroatoms. The van der Waals surface area contributed by atoms with Crippen molar-refractivity contribution in [3.8, 4) is 0 Å². The van der Waals surface area contributed by atoms with Gasteiger partial charge in [-0.1, -0.05) is 6.07 Å². The van der Waals surface area contributed by atoms with Gasteiger partial charge in [0.25, 0.3) is 5.69 Å². The third-order valence-electron chi connectivity index (χ3n) is 4.00. The topological polar surface area (TPSA) is 83.8 Å². The summed E-state index contributed by atoms with van der Waals surface area (Å²) in [4.78, 5) is 12.5. The van der Waals surface area contributed by atoms with Gasteiger partial charge in [0.1, 0.15) is 0 Å². The third kappa shape index (κ3) is 2.92. The molecule has 1 saturated carbocycles. The molecule has 0 spiro atoms. The first-order chi connectivity index (χ1) is 9.98. The highest BCUT2D eigenvalue weighted by Gasteiger charge is 2.35. The maximum absolute atomic E-state index is 12.5. The molecule has 0 atom stereocenters. The third-order valence-corrected chi connectivity index (χ3v) is 5.90. The van der Waals surface area contributed by atoms with Gasteiger partial charge in [-0.3, -0.25) is 15.0 Å². The van der Waals surface area contributed by atoms with Crippen molar-refractivity contribution in [2.45, 2.75) is 23.8 Å². The summed E-state index contributed by atoms with van der Waals surface area (Å²) in [5.41, 5.74) is -0.201. The summed E-state index contributed by atoms with van der Waals surface area (Å²) in [6, 6.07) is 5.88. The summed E-state index contributed by atoms with van der Waals surface area (Å²) >= 11 is 0. The quantitative estimate of drug-likeness (QED) is 0.613. The molecule has 21 heavy (non-hydrogen) atoms. The van der Waals surface area contributed by atoms with E-state index in [4.69, 9.17) is 0 Å². The summed E-state index contributed by atoms with van der Waals surface area (Å²) in [7, 11) is -3.64. The molecule has 1 aromatic carbocycles. The Balaban J connectivity index is 1.77.